The van der Waals surface area contributed by atoms with E-state index in [-0.39, 0.29) is 19.8 Å². The Bertz CT molecular complexity index is 782. The number of carboxylic acid groups (broad SMARTS) is 1. The van der Waals surface area contributed by atoms with Gasteiger partial charge in [-0.05, 0) is 31.0 Å². The maximum atomic E-state index is 12.1. The third-order valence-electron chi connectivity index (χ3n) is 5.45. The Morgan fingerprint density at radius 1 is 1.14 bits per heavy atom. The van der Waals surface area contributed by atoms with Crippen LogP contribution in [0.15, 0.2) is 54.6 Å². The Morgan fingerprint density at radius 2 is 1.86 bits per heavy atom. The molecule has 0 spiro atoms. The molecule has 0 aromatic heterocycles. The number of nitrogens with zero attached hydrogens (tertiary/aromatic N) is 1. The lowest BCUT2D eigenvalue weighted by molar-refractivity contribution is -0.163. The summed E-state index contributed by atoms with van der Waals surface area (Å²) in [7, 11) is 0. The molecule has 1 heterocycles. The Morgan fingerprint density at radius 3 is 2.54 bits per heavy atom. The zero-order valence-corrected chi connectivity index (χ0v) is 15.8. The topological polar surface area (TPSA) is 90.2 Å². The number of carbonyl (C=O) groups is 1. The van der Waals surface area contributed by atoms with Gasteiger partial charge in [0.25, 0.3) is 0 Å². The second kappa shape index (κ2) is 9.19. The van der Waals surface area contributed by atoms with E-state index in [0.29, 0.717) is 31.7 Å². The van der Waals surface area contributed by atoms with Crippen molar-refractivity contribution in [1.82, 2.24) is 4.90 Å². The Hall–Kier alpha value is -2.41. The van der Waals surface area contributed by atoms with Gasteiger partial charge in [-0.15, -0.1) is 0 Å². The Balaban J connectivity index is 1.71. The molecule has 3 N–H and O–H groups in total. The van der Waals surface area contributed by atoms with Crippen molar-refractivity contribution in [3.8, 4) is 5.75 Å². The third kappa shape index (κ3) is 4.52. The summed E-state index contributed by atoms with van der Waals surface area (Å²) >= 11 is 0. The van der Waals surface area contributed by atoms with Crippen molar-refractivity contribution in [2.75, 3.05) is 26.3 Å². The van der Waals surface area contributed by atoms with Crippen molar-refractivity contribution in [1.29, 1.82) is 0 Å². The van der Waals surface area contributed by atoms with Crippen LogP contribution >= 0.6 is 0 Å². The van der Waals surface area contributed by atoms with Crippen LogP contribution in [-0.4, -0.2) is 58.6 Å². The van der Waals surface area contributed by atoms with E-state index in [0.717, 1.165) is 11.1 Å². The van der Waals surface area contributed by atoms with E-state index in [9.17, 15) is 15.0 Å². The number of likely N-dealkylation sites (tertiary alicyclic amines) is 1. The summed E-state index contributed by atoms with van der Waals surface area (Å²) in [5.41, 5.74) is 0.694. The number of carboxylic acids is 1. The summed E-state index contributed by atoms with van der Waals surface area (Å²) in [4.78, 5) is 14.2. The number of hydrogen-bond acceptors (Lipinski definition) is 5. The molecule has 0 aliphatic carbocycles. The molecular weight excluding hydrogens is 358 g/mol. The highest BCUT2D eigenvalue weighted by Gasteiger charge is 2.48. The lowest BCUT2D eigenvalue weighted by Crippen LogP contribution is -2.55. The molecule has 2 aromatic carbocycles. The number of rotatable bonds is 8. The molecule has 0 unspecified atom stereocenters. The summed E-state index contributed by atoms with van der Waals surface area (Å²) in [6.07, 6.45) is -0.281. The fraction of sp³-hybridized carbons (Fsp3) is 0.409. The number of benzene rings is 2. The molecule has 0 saturated carbocycles. The highest BCUT2D eigenvalue weighted by atomic mass is 16.5. The molecular formula is C22H27NO5. The molecule has 28 heavy (non-hydrogen) atoms. The molecule has 6 nitrogen and oxygen atoms in total. The molecule has 2 aromatic rings. The van der Waals surface area contributed by atoms with Crippen LogP contribution in [0.4, 0.5) is 0 Å². The summed E-state index contributed by atoms with van der Waals surface area (Å²) in [5.74, 6) is -0.249. The van der Waals surface area contributed by atoms with Gasteiger partial charge in [-0.25, -0.2) is 0 Å². The van der Waals surface area contributed by atoms with E-state index in [1.165, 1.54) is 0 Å². The molecule has 0 radical (unpaired) electrons. The van der Waals surface area contributed by atoms with Gasteiger partial charge in [-0.1, -0.05) is 48.5 Å². The van der Waals surface area contributed by atoms with Crippen LogP contribution in [0.25, 0.3) is 0 Å². The van der Waals surface area contributed by atoms with Crippen molar-refractivity contribution in [3.05, 3.63) is 65.7 Å². The number of para-hydroxylation sites is 1. The van der Waals surface area contributed by atoms with Crippen LogP contribution in [0, 0.1) is 5.41 Å². The van der Waals surface area contributed by atoms with E-state index in [4.69, 9.17) is 9.84 Å². The van der Waals surface area contributed by atoms with E-state index >= 15 is 0 Å². The number of β-amino-alcohol motifs (C(OH)–C–C–N with tert-alkyl or cyclic N) is 1. The normalized spacial score (nSPS) is 22.7. The largest absolute Gasteiger partial charge is 0.491 e. The maximum Gasteiger partial charge on any atom is 0.312 e. The van der Waals surface area contributed by atoms with Gasteiger partial charge in [0.2, 0.25) is 0 Å². The third-order valence-corrected chi connectivity index (χ3v) is 5.45. The number of aliphatic hydroxyl groups is 2. The minimum atomic E-state index is -1.18. The first-order chi connectivity index (χ1) is 13.5. The monoisotopic (exact) mass is 385 g/mol. The number of piperidine rings is 1. The lowest BCUT2D eigenvalue weighted by atomic mass is 9.71. The van der Waals surface area contributed by atoms with Crippen LogP contribution in [0.3, 0.4) is 0 Å². The predicted molar refractivity (Wildman–Crippen MR) is 105 cm³/mol. The van der Waals surface area contributed by atoms with Crippen molar-refractivity contribution in [2.24, 2.45) is 5.41 Å². The highest BCUT2D eigenvalue weighted by Crippen LogP contribution is 2.37. The molecule has 0 amide bonds. The molecule has 1 aliphatic rings. The number of ether oxygens (including phenoxy) is 1. The maximum absolute atomic E-state index is 12.1. The first-order valence-corrected chi connectivity index (χ1v) is 9.54. The Labute approximate surface area is 165 Å². The van der Waals surface area contributed by atoms with Crippen LogP contribution in [0.2, 0.25) is 0 Å². The van der Waals surface area contributed by atoms with E-state index < -0.39 is 17.5 Å². The molecule has 1 aliphatic heterocycles. The summed E-state index contributed by atoms with van der Waals surface area (Å²) in [6.45, 7) is 1.58. The predicted octanol–water partition coefficient (Wildman–Crippen LogP) is 1.94. The fourth-order valence-corrected chi connectivity index (χ4v) is 3.84. The number of aliphatic hydroxyl groups excluding tert-OH is 2. The van der Waals surface area contributed by atoms with Crippen molar-refractivity contribution in [2.45, 2.75) is 25.5 Å². The second-order valence-corrected chi connectivity index (χ2v) is 7.30. The smallest absolute Gasteiger partial charge is 0.312 e. The van der Waals surface area contributed by atoms with Crippen molar-refractivity contribution < 1.29 is 24.9 Å². The molecule has 150 valence electrons. The van der Waals surface area contributed by atoms with Crippen LogP contribution < -0.4 is 4.74 Å². The van der Waals surface area contributed by atoms with Gasteiger partial charge >= 0.3 is 5.97 Å². The quantitative estimate of drug-likeness (QED) is 0.643. The number of aliphatic carboxylic acids is 1. The van der Waals surface area contributed by atoms with Crippen LogP contribution in [0.5, 0.6) is 5.75 Å². The fourth-order valence-electron chi connectivity index (χ4n) is 3.84. The minimum absolute atomic E-state index is 0.0582. The van der Waals surface area contributed by atoms with Gasteiger partial charge < -0.3 is 20.1 Å². The second-order valence-electron chi connectivity index (χ2n) is 7.30. The average Bonchev–Trinajstić information content (AvgIpc) is 2.70. The SMILES string of the molecule is O=C(O)[C@@]1(Cc2ccccc2)CCN(Cc2ccccc2OCCO)C[C@H]1O. The van der Waals surface area contributed by atoms with Gasteiger partial charge in [0.15, 0.2) is 0 Å². The van der Waals surface area contributed by atoms with E-state index in [2.05, 4.69) is 4.90 Å². The van der Waals surface area contributed by atoms with Crippen LogP contribution in [-0.2, 0) is 17.8 Å². The molecule has 1 saturated heterocycles. The zero-order chi connectivity index (χ0) is 20.0. The summed E-state index contributed by atoms with van der Waals surface area (Å²) in [5, 5.41) is 29.7. The van der Waals surface area contributed by atoms with Gasteiger partial charge in [0.05, 0.1) is 12.7 Å². The first kappa shape index (κ1) is 20.3. The Kier molecular flexibility index (Phi) is 6.67. The molecule has 2 atom stereocenters. The number of hydrogen-bond donors (Lipinski definition) is 3. The van der Waals surface area contributed by atoms with Crippen molar-refractivity contribution >= 4 is 5.97 Å². The van der Waals surface area contributed by atoms with E-state index in [1.807, 2.05) is 54.6 Å². The highest BCUT2D eigenvalue weighted by molar-refractivity contribution is 5.76. The lowest BCUT2D eigenvalue weighted by Gasteiger charge is -2.43. The first-order valence-electron chi connectivity index (χ1n) is 9.54. The molecule has 6 heteroatoms. The molecule has 1 fully saturated rings. The van der Waals surface area contributed by atoms with Gasteiger partial charge in [-0.3, -0.25) is 9.69 Å². The van der Waals surface area contributed by atoms with E-state index in [1.54, 1.807) is 0 Å². The summed E-state index contributed by atoms with van der Waals surface area (Å²) < 4.78 is 5.58. The van der Waals surface area contributed by atoms with Gasteiger partial charge in [0, 0.05) is 18.7 Å². The molecule has 0 bridgehead atoms. The molecule has 3 rings (SSSR count). The van der Waals surface area contributed by atoms with Crippen molar-refractivity contribution in [3.63, 3.8) is 0 Å². The van der Waals surface area contributed by atoms with Gasteiger partial charge in [0.1, 0.15) is 17.8 Å². The average molecular weight is 385 g/mol. The zero-order valence-electron chi connectivity index (χ0n) is 15.8. The summed E-state index contributed by atoms with van der Waals surface area (Å²) in [6, 6.07) is 17.0. The standard InChI is InChI=1S/C22H27NO5/c24-12-13-28-19-9-5-4-8-18(19)15-23-11-10-22(21(26)27,20(25)16-23)14-17-6-2-1-3-7-17/h1-9,20,24-25H,10-16H2,(H,26,27)/t20-,22-/m1/s1. The van der Waals surface area contributed by atoms with Gasteiger partial charge in [-0.2, -0.15) is 0 Å². The minimum Gasteiger partial charge on any atom is -0.491 e. The van der Waals surface area contributed by atoms with Crippen LogP contribution in [0.1, 0.15) is 17.5 Å².